The number of hydrogen-bond acceptors (Lipinski definition) is 3. The molecule has 4 heteroatoms. The van der Waals surface area contributed by atoms with Crippen LogP contribution in [0.2, 0.25) is 0 Å². The van der Waals surface area contributed by atoms with E-state index in [9.17, 15) is 9.90 Å². The Bertz CT molecular complexity index is 588. The Kier molecular flexibility index (Phi) is 3.81. The molecule has 2 aromatic rings. The SMILES string of the molecule is CC(C)(CO)CNC(=O)c1cccc2cccnc12. The smallest absolute Gasteiger partial charge is 0.253 e. The summed E-state index contributed by atoms with van der Waals surface area (Å²) >= 11 is 0. The van der Waals surface area contributed by atoms with E-state index in [0.29, 0.717) is 17.6 Å². The molecule has 0 saturated heterocycles. The van der Waals surface area contributed by atoms with E-state index in [2.05, 4.69) is 10.3 Å². The molecule has 0 radical (unpaired) electrons. The summed E-state index contributed by atoms with van der Waals surface area (Å²) in [6.45, 7) is 4.25. The van der Waals surface area contributed by atoms with E-state index in [4.69, 9.17) is 0 Å². The van der Waals surface area contributed by atoms with E-state index in [1.54, 1.807) is 12.3 Å². The third-order valence-corrected chi connectivity index (χ3v) is 3.03. The molecule has 1 aromatic heterocycles. The number of rotatable bonds is 4. The molecular weight excluding hydrogens is 240 g/mol. The van der Waals surface area contributed by atoms with Gasteiger partial charge in [0.25, 0.3) is 5.91 Å². The number of amides is 1. The minimum Gasteiger partial charge on any atom is -0.396 e. The van der Waals surface area contributed by atoms with Crippen LogP contribution in [0.5, 0.6) is 0 Å². The minimum absolute atomic E-state index is 0.0288. The first-order chi connectivity index (χ1) is 9.03. The molecule has 0 bridgehead atoms. The normalized spacial score (nSPS) is 11.5. The van der Waals surface area contributed by atoms with Gasteiger partial charge in [-0.2, -0.15) is 0 Å². The second-order valence-electron chi connectivity index (χ2n) is 5.39. The van der Waals surface area contributed by atoms with Crippen LogP contribution in [0.25, 0.3) is 10.9 Å². The van der Waals surface area contributed by atoms with Gasteiger partial charge >= 0.3 is 0 Å². The van der Waals surface area contributed by atoms with Gasteiger partial charge < -0.3 is 10.4 Å². The van der Waals surface area contributed by atoms with E-state index >= 15 is 0 Å². The number of hydrogen-bond donors (Lipinski definition) is 2. The van der Waals surface area contributed by atoms with Crippen LogP contribution >= 0.6 is 0 Å². The van der Waals surface area contributed by atoms with Crippen LogP contribution in [-0.2, 0) is 0 Å². The number of nitrogens with zero attached hydrogens (tertiary/aromatic N) is 1. The topological polar surface area (TPSA) is 62.2 Å². The number of pyridine rings is 1. The Morgan fingerprint density at radius 3 is 2.79 bits per heavy atom. The van der Waals surface area contributed by atoms with Crippen molar-refractivity contribution in [1.29, 1.82) is 0 Å². The third kappa shape index (κ3) is 3.09. The van der Waals surface area contributed by atoms with Gasteiger partial charge in [-0.1, -0.05) is 32.0 Å². The predicted octanol–water partition coefficient (Wildman–Crippen LogP) is 1.98. The lowest BCUT2D eigenvalue weighted by Gasteiger charge is -2.21. The van der Waals surface area contributed by atoms with Crippen molar-refractivity contribution in [3.05, 3.63) is 42.1 Å². The van der Waals surface area contributed by atoms with E-state index in [-0.39, 0.29) is 17.9 Å². The van der Waals surface area contributed by atoms with Gasteiger partial charge in [0.05, 0.1) is 11.1 Å². The van der Waals surface area contributed by atoms with Gasteiger partial charge in [0, 0.05) is 30.1 Å². The summed E-state index contributed by atoms with van der Waals surface area (Å²) in [6.07, 6.45) is 1.68. The highest BCUT2D eigenvalue weighted by atomic mass is 16.3. The number of carbonyl (C=O) groups excluding carboxylic acids is 1. The van der Waals surface area contributed by atoms with Crippen molar-refractivity contribution in [2.75, 3.05) is 13.2 Å². The predicted molar refractivity (Wildman–Crippen MR) is 74.9 cm³/mol. The molecule has 0 aliphatic rings. The van der Waals surface area contributed by atoms with Gasteiger partial charge in [-0.05, 0) is 12.1 Å². The zero-order valence-electron chi connectivity index (χ0n) is 11.2. The van der Waals surface area contributed by atoms with Crippen molar-refractivity contribution in [3.63, 3.8) is 0 Å². The van der Waals surface area contributed by atoms with Gasteiger partial charge in [0.1, 0.15) is 0 Å². The summed E-state index contributed by atoms with van der Waals surface area (Å²) < 4.78 is 0. The number of aliphatic hydroxyl groups excluding tert-OH is 1. The second kappa shape index (κ2) is 5.36. The largest absolute Gasteiger partial charge is 0.396 e. The first-order valence-corrected chi connectivity index (χ1v) is 6.26. The number of benzene rings is 1. The van der Waals surface area contributed by atoms with E-state index in [1.165, 1.54) is 0 Å². The van der Waals surface area contributed by atoms with Crippen molar-refractivity contribution in [2.24, 2.45) is 5.41 Å². The number of aliphatic hydroxyl groups is 1. The minimum atomic E-state index is -0.326. The summed E-state index contributed by atoms with van der Waals surface area (Å²) in [7, 11) is 0. The molecule has 2 rings (SSSR count). The van der Waals surface area contributed by atoms with E-state index in [0.717, 1.165) is 5.39 Å². The standard InChI is InChI=1S/C15H18N2O2/c1-15(2,10-18)9-17-14(19)12-7-3-5-11-6-4-8-16-13(11)12/h3-8,18H,9-10H2,1-2H3,(H,17,19). The first kappa shape index (κ1) is 13.5. The monoisotopic (exact) mass is 258 g/mol. The van der Waals surface area contributed by atoms with Crippen LogP contribution in [0.3, 0.4) is 0 Å². The maximum atomic E-state index is 12.2. The molecule has 1 heterocycles. The van der Waals surface area contributed by atoms with Crippen LogP contribution in [0, 0.1) is 5.41 Å². The molecule has 0 atom stereocenters. The molecule has 2 N–H and O–H groups in total. The van der Waals surface area contributed by atoms with Gasteiger partial charge in [-0.15, -0.1) is 0 Å². The molecule has 100 valence electrons. The van der Waals surface area contributed by atoms with Crippen molar-refractivity contribution in [2.45, 2.75) is 13.8 Å². The summed E-state index contributed by atoms with van der Waals surface area (Å²) in [4.78, 5) is 16.4. The molecular formula is C15H18N2O2. The highest BCUT2D eigenvalue weighted by molar-refractivity contribution is 6.05. The quantitative estimate of drug-likeness (QED) is 0.881. The Morgan fingerprint density at radius 1 is 1.32 bits per heavy atom. The Balaban J connectivity index is 2.23. The summed E-state index contributed by atoms with van der Waals surface area (Å²) in [5.41, 5.74) is 0.935. The van der Waals surface area contributed by atoms with Crippen LogP contribution < -0.4 is 5.32 Å². The van der Waals surface area contributed by atoms with Crippen molar-refractivity contribution < 1.29 is 9.90 Å². The maximum Gasteiger partial charge on any atom is 0.253 e. The molecule has 0 aliphatic carbocycles. The molecule has 0 saturated carbocycles. The zero-order chi connectivity index (χ0) is 13.9. The highest BCUT2D eigenvalue weighted by Crippen LogP contribution is 2.17. The Hall–Kier alpha value is -1.94. The Labute approximate surface area is 112 Å². The number of fused-ring (bicyclic) bond motifs is 1. The summed E-state index contributed by atoms with van der Waals surface area (Å²) in [6, 6.07) is 9.30. The molecule has 0 aliphatic heterocycles. The Morgan fingerprint density at radius 2 is 2.05 bits per heavy atom. The molecule has 0 spiro atoms. The van der Waals surface area contributed by atoms with E-state index in [1.807, 2.05) is 38.1 Å². The zero-order valence-corrected chi connectivity index (χ0v) is 11.2. The number of nitrogens with one attached hydrogen (secondary N) is 1. The average molecular weight is 258 g/mol. The van der Waals surface area contributed by atoms with Crippen LogP contribution in [0.15, 0.2) is 36.5 Å². The van der Waals surface area contributed by atoms with Crippen LogP contribution in [0.4, 0.5) is 0 Å². The molecule has 0 unspecified atom stereocenters. The molecule has 1 amide bonds. The summed E-state index contributed by atoms with van der Waals surface area (Å²) in [5, 5.41) is 13.0. The molecule has 4 nitrogen and oxygen atoms in total. The van der Waals surface area contributed by atoms with Gasteiger partial charge in [-0.3, -0.25) is 9.78 Å². The van der Waals surface area contributed by atoms with Gasteiger partial charge in [0.2, 0.25) is 0 Å². The highest BCUT2D eigenvalue weighted by Gasteiger charge is 2.18. The molecule has 19 heavy (non-hydrogen) atoms. The lowest BCUT2D eigenvalue weighted by Crippen LogP contribution is -2.36. The van der Waals surface area contributed by atoms with Gasteiger partial charge in [-0.25, -0.2) is 0 Å². The fourth-order valence-electron chi connectivity index (χ4n) is 1.76. The average Bonchev–Trinajstić information content (AvgIpc) is 2.44. The number of aromatic nitrogens is 1. The maximum absolute atomic E-state index is 12.2. The number of carbonyl (C=O) groups is 1. The second-order valence-corrected chi connectivity index (χ2v) is 5.39. The number of para-hydroxylation sites is 1. The van der Waals surface area contributed by atoms with Crippen molar-refractivity contribution >= 4 is 16.8 Å². The fourth-order valence-corrected chi connectivity index (χ4v) is 1.76. The first-order valence-electron chi connectivity index (χ1n) is 6.26. The summed E-state index contributed by atoms with van der Waals surface area (Å²) in [5.74, 6) is -0.161. The van der Waals surface area contributed by atoms with Crippen molar-refractivity contribution in [3.8, 4) is 0 Å². The lowest BCUT2D eigenvalue weighted by molar-refractivity contribution is 0.0912. The van der Waals surface area contributed by atoms with E-state index < -0.39 is 0 Å². The van der Waals surface area contributed by atoms with Crippen LogP contribution in [0.1, 0.15) is 24.2 Å². The molecule has 0 fully saturated rings. The molecule has 1 aromatic carbocycles. The third-order valence-electron chi connectivity index (χ3n) is 3.03. The van der Waals surface area contributed by atoms with Crippen molar-refractivity contribution in [1.82, 2.24) is 10.3 Å². The lowest BCUT2D eigenvalue weighted by atomic mass is 9.95. The fraction of sp³-hybridized carbons (Fsp3) is 0.333. The van der Waals surface area contributed by atoms with Gasteiger partial charge in [0.15, 0.2) is 0 Å². The van der Waals surface area contributed by atoms with Crippen LogP contribution in [-0.4, -0.2) is 29.1 Å².